The Morgan fingerprint density at radius 3 is 2.43 bits per heavy atom. The van der Waals surface area contributed by atoms with Gasteiger partial charge in [0.25, 0.3) is 11.5 Å². The number of nitrogens with one attached hydrogen (secondary N) is 1. The van der Waals surface area contributed by atoms with Gasteiger partial charge in [0, 0.05) is 36.0 Å². The molecule has 1 aliphatic carbocycles. The predicted octanol–water partition coefficient (Wildman–Crippen LogP) is 3.77. The van der Waals surface area contributed by atoms with Crippen LogP contribution >= 0.6 is 0 Å². The number of halogens is 3. The number of aromatic nitrogens is 2. The summed E-state index contributed by atoms with van der Waals surface area (Å²) in [5.41, 5.74) is -1.12. The van der Waals surface area contributed by atoms with Crippen molar-refractivity contribution in [1.29, 1.82) is 0 Å². The van der Waals surface area contributed by atoms with Gasteiger partial charge in [0.1, 0.15) is 0 Å². The summed E-state index contributed by atoms with van der Waals surface area (Å²) >= 11 is 0. The Morgan fingerprint density at radius 2 is 1.74 bits per heavy atom. The van der Waals surface area contributed by atoms with Crippen molar-refractivity contribution in [3.63, 3.8) is 0 Å². The lowest BCUT2D eigenvalue weighted by molar-refractivity contribution is -0.137. The van der Waals surface area contributed by atoms with E-state index in [2.05, 4.69) is 5.32 Å². The lowest BCUT2D eigenvalue weighted by Gasteiger charge is -2.20. The Labute approximate surface area is 199 Å². The van der Waals surface area contributed by atoms with Crippen molar-refractivity contribution in [2.75, 3.05) is 0 Å². The van der Waals surface area contributed by atoms with Gasteiger partial charge in [-0.25, -0.2) is 4.79 Å². The van der Waals surface area contributed by atoms with Crippen LogP contribution in [0.5, 0.6) is 0 Å². The number of carbonyl (C=O) groups is 1. The molecule has 3 atom stereocenters. The van der Waals surface area contributed by atoms with Gasteiger partial charge in [0.2, 0.25) is 0 Å². The van der Waals surface area contributed by atoms with E-state index >= 15 is 0 Å². The highest BCUT2D eigenvalue weighted by molar-refractivity contribution is 5.95. The predicted molar refractivity (Wildman–Crippen MR) is 123 cm³/mol. The molecule has 1 aromatic heterocycles. The third-order valence-electron chi connectivity index (χ3n) is 7.09. The van der Waals surface area contributed by atoms with Gasteiger partial charge in [-0.15, -0.1) is 0 Å². The highest BCUT2D eigenvalue weighted by Gasteiger charge is 2.60. The van der Waals surface area contributed by atoms with E-state index < -0.39 is 28.9 Å². The van der Waals surface area contributed by atoms with E-state index in [1.165, 1.54) is 16.8 Å². The number of alkyl halides is 3. The van der Waals surface area contributed by atoms with Crippen molar-refractivity contribution in [3.8, 4) is 0 Å². The standard InChI is InChI=1S/C26H24F3N3O3/c27-26(28,29)19-10-8-18(9-11-19)25-16-20(25)15-21(30-25)7-4-13-31-14-12-22(33)32(24(31)35)23(34)17-5-2-1-3-6-17/h1-3,5-6,8-12,14,20-21,30H,4,7,13,15-16H2/t20-,21?,25-/m1/s1. The molecule has 0 amide bonds. The number of hydrogen-bond acceptors (Lipinski definition) is 4. The zero-order chi connectivity index (χ0) is 24.8. The van der Waals surface area contributed by atoms with Crippen molar-refractivity contribution in [1.82, 2.24) is 14.5 Å². The van der Waals surface area contributed by atoms with E-state index in [1.54, 1.807) is 42.5 Å². The number of piperidine rings is 1. The van der Waals surface area contributed by atoms with Crippen LogP contribution in [0.3, 0.4) is 0 Å². The van der Waals surface area contributed by atoms with Crippen molar-refractivity contribution in [3.05, 3.63) is 104 Å². The minimum absolute atomic E-state index is 0.184. The van der Waals surface area contributed by atoms with Gasteiger partial charge >= 0.3 is 11.9 Å². The minimum atomic E-state index is -4.35. The molecule has 2 heterocycles. The summed E-state index contributed by atoms with van der Waals surface area (Å²) in [5, 5.41) is 3.60. The van der Waals surface area contributed by atoms with E-state index in [1.807, 2.05) is 0 Å². The first-order chi connectivity index (χ1) is 16.7. The minimum Gasteiger partial charge on any atom is -0.304 e. The Morgan fingerprint density at radius 1 is 1.03 bits per heavy atom. The fourth-order valence-corrected chi connectivity index (χ4v) is 5.23. The maximum atomic E-state index is 12.9. The van der Waals surface area contributed by atoms with Crippen molar-refractivity contribution >= 4 is 5.91 Å². The normalized spacial score (nSPS) is 23.2. The number of benzene rings is 2. The molecule has 0 spiro atoms. The average molecular weight is 483 g/mol. The molecule has 2 aliphatic rings. The van der Waals surface area contributed by atoms with Gasteiger partial charge in [-0.3, -0.25) is 9.59 Å². The number of aryl methyl sites for hydroxylation is 1. The number of carbonyl (C=O) groups excluding carboxylic acids is 1. The summed E-state index contributed by atoms with van der Waals surface area (Å²) < 4.78 is 40.6. The quantitative estimate of drug-likeness (QED) is 0.579. The van der Waals surface area contributed by atoms with Crippen molar-refractivity contribution in [2.24, 2.45) is 5.92 Å². The molecule has 6 nitrogen and oxygen atoms in total. The zero-order valence-corrected chi connectivity index (χ0v) is 18.8. The van der Waals surface area contributed by atoms with E-state index in [-0.39, 0.29) is 17.1 Å². The molecular formula is C26H24F3N3O3. The van der Waals surface area contributed by atoms with Gasteiger partial charge in [-0.2, -0.15) is 17.7 Å². The van der Waals surface area contributed by atoms with Crippen LogP contribution in [0, 0.1) is 5.92 Å². The first kappa shape index (κ1) is 23.3. The Hall–Kier alpha value is -3.46. The average Bonchev–Trinajstić information content (AvgIpc) is 3.41. The van der Waals surface area contributed by atoms with Gasteiger partial charge in [-0.1, -0.05) is 30.3 Å². The molecule has 5 rings (SSSR count). The summed E-state index contributed by atoms with van der Waals surface area (Å²) in [6.45, 7) is 0.345. The van der Waals surface area contributed by atoms with Gasteiger partial charge in [0.15, 0.2) is 0 Å². The van der Waals surface area contributed by atoms with E-state index in [0.29, 0.717) is 23.5 Å². The molecule has 182 valence electrons. The maximum Gasteiger partial charge on any atom is 0.416 e. The van der Waals surface area contributed by atoms with Gasteiger partial charge in [0.05, 0.1) is 5.56 Å². The van der Waals surface area contributed by atoms with Crippen LogP contribution in [0.15, 0.2) is 76.4 Å². The van der Waals surface area contributed by atoms with Crippen LogP contribution in [0.1, 0.15) is 47.2 Å². The molecule has 1 unspecified atom stereocenters. The third-order valence-corrected chi connectivity index (χ3v) is 7.09. The van der Waals surface area contributed by atoms with Crippen LogP contribution in [0.2, 0.25) is 0 Å². The van der Waals surface area contributed by atoms with Crippen LogP contribution in [0.4, 0.5) is 13.2 Å². The van der Waals surface area contributed by atoms with Crippen LogP contribution < -0.4 is 16.6 Å². The van der Waals surface area contributed by atoms with E-state index in [9.17, 15) is 27.6 Å². The van der Waals surface area contributed by atoms with Gasteiger partial charge < -0.3 is 9.88 Å². The molecule has 1 N–H and O–H groups in total. The molecule has 1 aliphatic heterocycles. The monoisotopic (exact) mass is 483 g/mol. The van der Waals surface area contributed by atoms with Crippen LogP contribution in [-0.4, -0.2) is 21.1 Å². The van der Waals surface area contributed by atoms with E-state index in [0.717, 1.165) is 37.0 Å². The Bertz CT molecular complexity index is 1360. The summed E-state index contributed by atoms with van der Waals surface area (Å²) in [6, 6.07) is 14.9. The highest BCUT2D eigenvalue weighted by Crippen LogP contribution is 2.59. The molecule has 35 heavy (non-hydrogen) atoms. The summed E-state index contributed by atoms with van der Waals surface area (Å²) in [6.07, 6.45) is 0.282. The fraction of sp³-hybridized carbons (Fsp3) is 0.346. The lowest BCUT2D eigenvalue weighted by Crippen LogP contribution is -2.43. The molecule has 1 saturated heterocycles. The first-order valence-corrected chi connectivity index (χ1v) is 11.6. The largest absolute Gasteiger partial charge is 0.416 e. The van der Waals surface area contributed by atoms with Crippen molar-refractivity contribution < 1.29 is 18.0 Å². The SMILES string of the molecule is O=C(c1ccccc1)n1c(=O)ccn(CCCC2C[C@@H]3C[C@]3(c3ccc(C(F)(F)F)cc3)N2)c1=O. The second-order valence-corrected chi connectivity index (χ2v) is 9.30. The maximum absolute atomic E-state index is 12.9. The third kappa shape index (κ3) is 4.36. The lowest BCUT2D eigenvalue weighted by atomic mass is 10.0. The molecular weight excluding hydrogens is 459 g/mol. The summed E-state index contributed by atoms with van der Waals surface area (Å²) in [7, 11) is 0. The molecule has 0 radical (unpaired) electrons. The number of hydrogen-bond donors (Lipinski definition) is 1. The number of fused-ring (bicyclic) bond motifs is 1. The molecule has 2 fully saturated rings. The second kappa shape index (κ2) is 8.64. The van der Waals surface area contributed by atoms with E-state index in [4.69, 9.17) is 0 Å². The smallest absolute Gasteiger partial charge is 0.304 e. The molecule has 2 aromatic carbocycles. The van der Waals surface area contributed by atoms with Gasteiger partial charge in [-0.05, 0) is 61.4 Å². The Balaban J connectivity index is 1.22. The first-order valence-electron chi connectivity index (χ1n) is 11.6. The second-order valence-electron chi connectivity index (χ2n) is 9.30. The van der Waals surface area contributed by atoms with Crippen LogP contribution in [0.25, 0.3) is 0 Å². The summed E-state index contributed by atoms with van der Waals surface area (Å²) in [4.78, 5) is 37.8. The highest BCUT2D eigenvalue weighted by atomic mass is 19.4. The fourth-order valence-electron chi connectivity index (χ4n) is 5.23. The molecule has 0 bridgehead atoms. The summed E-state index contributed by atoms with van der Waals surface area (Å²) in [5.74, 6) is -0.275. The zero-order valence-electron chi connectivity index (χ0n) is 18.8. The van der Waals surface area contributed by atoms with Crippen LogP contribution in [-0.2, 0) is 18.3 Å². The van der Waals surface area contributed by atoms with Crippen molar-refractivity contribution in [2.45, 2.75) is 50.0 Å². The molecule has 3 aromatic rings. The Kier molecular flexibility index (Phi) is 5.75. The topological polar surface area (TPSA) is 73.1 Å². The number of nitrogens with zero attached hydrogens (tertiary/aromatic N) is 2. The molecule has 9 heteroatoms. The number of rotatable bonds is 6. The molecule has 1 saturated carbocycles.